The van der Waals surface area contributed by atoms with E-state index in [-0.39, 0.29) is 0 Å². The number of pyridine rings is 1. The predicted octanol–water partition coefficient (Wildman–Crippen LogP) is 3.34. The van der Waals surface area contributed by atoms with E-state index in [1.54, 1.807) is 0 Å². The van der Waals surface area contributed by atoms with Gasteiger partial charge >= 0.3 is 0 Å². The first-order chi connectivity index (χ1) is 9.76. The maximum atomic E-state index is 4.56. The van der Waals surface area contributed by atoms with E-state index in [2.05, 4.69) is 46.3 Å². The van der Waals surface area contributed by atoms with Crippen LogP contribution in [0, 0.1) is 5.92 Å². The number of hydrogen-bond donors (Lipinski definition) is 2. The molecule has 0 radical (unpaired) electrons. The standard InChI is InChI=1S/C16H20N4/c1-3-17-16-8-11(2)4-5-13(20-16)12-9-15-14(19-10-12)6-7-18-15/h5-7,9-11,18H,3-4,8H2,1-2H3,(H,17,20). The van der Waals surface area contributed by atoms with Crippen molar-refractivity contribution in [2.24, 2.45) is 10.9 Å². The average molecular weight is 268 g/mol. The zero-order valence-corrected chi connectivity index (χ0v) is 12.0. The molecule has 1 unspecified atom stereocenters. The van der Waals surface area contributed by atoms with E-state index in [1.807, 2.05) is 18.5 Å². The number of fused-ring (bicyclic) bond motifs is 1. The number of H-pyrrole nitrogens is 1. The molecule has 3 rings (SSSR count). The van der Waals surface area contributed by atoms with Crippen LogP contribution in [-0.4, -0.2) is 22.3 Å². The van der Waals surface area contributed by atoms with E-state index >= 15 is 0 Å². The summed E-state index contributed by atoms with van der Waals surface area (Å²) in [5, 5.41) is 3.48. The van der Waals surface area contributed by atoms with Gasteiger partial charge in [-0.25, -0.2) is 0 Å². The number of nitrogens with zero attached hydrogens (tertiary/aromatic N) is 2. The summed E-state index contributed by atoms with van der Waals surface area (Å²) in [6.07, 6.45) is 8.17. The van der Waals surface area contributed by atoms with Gasteiger partial charge in [-0.1, -0.05) is 13.0 Å². The minimum atomic E-state index is 0.618. The molecule has 0 amide bonds. The van der Waals surface area contributed by atoms with E-state index in [1.165, 1.54) is 0 Å². The summed E-state index contributed by atoms with van der Waals surface area (Å²) in [5.74, 6) is 1.70. The third-order valence-electron chi connectivity index (χ3n) is 3.60. The molecule has 4 nitrogen and oxygen atoms in total. The molecule has 0 aromatic carbocycles. The quantitative estimate of drug-likeness (QED) is 0.877. The molecule has 20 heavy (non-hydrogen) atoms. The summed E-state index contributed by atoms with van der Waals surface area (Å²) in [7, 11) is 0. The molecule has 1 aliphatic heterocycles. The van der Waals surface area contributed by atoms with E-state index in [4.69, 9.17) is 0 Å². The van der Waals surface area contributed by atoms with E-state index in [9.17, 15) is 0 Å². The Hall–Kier alpha value is -2.10. The van der Waals surface area contributed by atoms with Crippen LogP contribution in [0.15, 0.2) is 35.6 Å². The number of aromatic nitrogens is 2. The summed E-state index contributed by atoms with van der Waals surface area (Å²) in [6, 6.07) is 4.13. The zero-order valence-electron chi connectivity index (χ0n) is 12.0. The minimum absolute atomic E-state index is 0.618. The Morgan fingerprint density at radius 1 is 1.45 bits per heavy atom. The Morgan fingerprint density at radius 3 is 3.20 bits per heavy atom. The van der Waals surface area contributed by atoms with Gasteiger partial charge in [0.05, 0.1) is 11.0 Å². The molecule has 0 fully saturated rings. The zero-order chi connectivity index (χ0) is 13.9. The normalized spacial score (nSPS) is 21.6. The van der Waals surface area contributed by atoms with Crippen LogP contribution in [0.25, 0.3) is 16.7 Å². The molecule has 4 heteroatoms. The number of rotatable bonds is 2. The monoisotopic (exact) mass is 268 g/mol. The van der Waals surface area contributed by atoms with Crippen LogP contribution in [0.5, 0.6) is 0 Å². The van der Waals surface area contributed by atoms with Crippen molar-refractivity contribution in [1.82, 2.24) is 15.3 Å². The van der Waals surface area contributed by atoms with E-state index < -0.39 is 0 Å². The van der Waals surface area contributed by atoms with Gasteiger partial charge in [-0.2, -0.15) is 0 Å². The maximum absolute atomic E-state index is 4.56. The second-order valence-corrected chi connectivity index (χ2v) is 5.34. The lowest BCUT2D eigenvalue weighted by Gasteiger charge is -2.11. The smallest absolute Gasteiger partial charge is 0.101 e. The molecular weight excluding hydrogens is 248 g/mol. The van der Waals surface area contributed by atoms with Gasteiger partial charge in [-0.05, 0) is 31.4 Å². The van der Waals surface area contributed by atoms with Crippen molar-refractivity contribution in [3.8, 4) is 0 Å². The van der Waals surface area contributed by atoms with Gasteiger partial charge in [0.15, 0.2) is 0 Å². The Bertz CT molecular complexity index is 666. The Morgan fingerprint density at radius 2 is 2.35 bits per heavy atom. The molecule has 0 saturated carbocycles. The lowest BCUT2D eigenvalue weighted by Crippen LogP contribution is -2.22. The van der Waals surface area contributed by atoms with Crippen LogP contribution < -0.4 is 5.32 Å². The molecule has 2 aromatic rings. The fraction of sp³-hybridized carbons (Fsp3) is 0.375. The van der Waals surface area contributed by atoms with Crippen molar-refractivity contribution < 1.29 is 0 Å². The first kappa shape index (κ1) is 12.9. The highest BCUT2D eigenvalue weighted by Gasteiger charge is 2.14. The molecular formula is C16H20N4. The summed E-state index contributed by atoms with van der Waals surface area (Å²) < 4.78 is 0. The number of aliphatic imine (C=N–C) groups is 1. The van der Waals surface area contributed by atoms with Crippen LogP contribution in [0.3, 0.4) is 0 Å². The number of hydrogen-bond acceptors (Lipinski definition) is 2. The fourth-order valence-electron chi connectivity index (χ4n) is 2.56. The van der Waals surface area contributed by atoms with Crippen LogP contribution in [0.2, 0.25) is 0 Å². The number of aromatic amines is 1. The first-order valence-electron chi connectivity index (χ1n) is 7.20. The molecule has 1 aliphatic rings. The van der Waals surface area contributed by atoms with Gasteiger partial charge in [-0.15, -0.1) is 0 Å². The Balaban J connectivity index is 1.96. The molecule has 104 valence electrons. The molecule has 2 aromatic heterocycles. The second-order valence-electron chi connectivity index (χ2n) is 5.34. The Labute approximate surface area is 119 Å². The highest BCUT2D eigenvalue weighted by atomic mass is 15.0. The third kappa shape index (κ3) is 2.59. The summed E-state index contributed by atoms with van der Waals surface area (Å²) in [6.45, 7) is 5.15. The number of amidine groups is 1. The largest absolute Gasteiger partial charge is 0.360 e. The van der Waals surface area contributed by atoms with Crippen molar-refractivity contribution in [2.45, 2.75) is 26.7 Å². The number of allylic oxidation sites excluding steroid dienone is 1. The van der Waals surface area contributed by atoms with Crippen LogP contribution in [0.1, 0.15) is 32.3 Å². The van der Waals surface area contributed by atoms with Gasteiger partial charge in [0.1, 0.15) is 5.84 Å². The van der Waals surface area contributed by atoms with Gasteiger partial charge in [0, 0.05) is 36.6 Å². The van der Waals surface area contributed by atoms with Crippen LogP contribution in [-0.2, 0) is 0 Å². The van der Waals surface area contributed by atoms with Crippen molar-refractivity contribution in [3.05, 3.63) is 36.2 Å². The van der Waals surface area contributed by atoms with E-state index in [0.717, 1.165) is 47.5 Å². The minimum Gasteiger partial charge on any atom is -0.360 e. The average Bonchev–Trinajstić information content (AvgIpc) is 2.82. The van der Waals surface area contributed by atoms with E-state index in [0.29, 0.717) is 5.92 Å². The van der Waals surface area contributed by atoms with Gasteiger partial charge in [-0.3, -0.25) is 9.98 Å². The molecule has 0 aliphatic carbocycles. The third-order valence-corrected chi connectivity index (χ3v) is 3.60. The summed E-state index contributed by atoms with van der Waals surface area (Å²) >= 11 is 0. The fourth-order valence-corrected chi connectivity index (χ4v) is 2.56. The summed E-state index contributed by atoms with van der Waals surface area (Å²) in [5.41, 5.74) is 4.29. The molecule has 0 spiro atoms. The molecule has 0 saturated heterocycles. The predicted molar refractivity (Wildman–Crippen MR) is 83.6 cm³/mol. The molecule has 0 bridgehead atoms. The topological polar surface area (TPSA) is 53.1 Å². The van der Waals surface area contributed by atoms with Gasteiger partial charge < -0.3 is 10.3 Å². The lowest BCUT2D eigenvalue weighted by molar-refractivity contribution is 0.620. The molecule has 3 heterocycles. The maximum Gasteiger partial charge on any atom is 0.101 e. The van der Waals surface area contributed by atoms with Crippen LogP contribution in [0.4, 0.5) is 0 Å². The van der Waals surface area contributed by atoms with Crippen molar-refractivity contribution >= 4 is 22.6 Å². The first-order valence-corrected chi connectivity index (χ1v) is 7.20. The second kappa shape index (κ2) is 5.49. The van der Waals surface area contributed by atoms with Crippen molar-refractivity contribution in [1.29, 1.82) is 0 Å². The molecule has 1 atom stereocenters. The Kier molecular flexibility index (Phi) is 3.54. The SMILES string of the molecule is CCN=C1CC(C)CC=C(c2cnc3cc[nH]c3c2)N1. The highest BCUT2D eigenvalue weighted by Crippen LogP contribution is 2.22. The summed E-state index contributed by atoms with van der Waals surface area (Å²) in [4.78, 5) is 12.3. The van der Waals surface area contributed by atoms with Crippen LogP contribution >= 0.6 is 0 Å². The van der Waals surface area contributed by atoms with Gasteiger partial charge in [0.25, 0.3) is 0 Å². The van der Waals surface area contributed by atoms with Gasteiger partial charge in [0.2, 0.25) is 0 Å². The molecule has 2 N–H and O–H groups in total. The van der Waals surface area contributed by atoms with Crippen molar-refractivity contribution in [2.75, 3.05) is 6.54 Å². The lowest BCUT2D eigenvalue weighted by atomic mass is 10.0. The number of nitrogens with one attached hydrogen (secondary N) is 2. The highest BCUT2D eigenvalue weighted by molar-refractivity contribution is 5.92. The van der Waals surface area contributed by atoms with Crippen molar-refractivity contribution in [3.63, 3.8) is 0 Å².